The van der Waals surface area contributed by atoms with E-state index < -0.39 is 0 Å². The molecule has 0 radical (unpaired) electrons. The van der Waals surface area contributed by atoms with Crippen LogP contribution in [-0.4, -0.2) is 56.3 Å². The Hall–Kier alpha value is -0.570. The molecule has 2 fully saturated rings. The molecule has 0 amide bonds. The van der Waals surface area contributed by atoms with Crippen molar-refractivity contribution in [3.8, 4) is 0 Å². The summed E-state index contributed by atoms with van der Waals surface area (Å²) in [5, 5.41) is 7.70. The molecule has 0 unspecified atom stereocenters. The molecule has 0 atom stereocenters. The molecule has 0 aliphatic carbocycles. The average Bonchev–Trinajstić information content (AvgIpc) is 3.18. The highest BCUT2D eigenvalue weighted by Crippen LogP contribution is 2.30. The molecular weight excluding hydrogens is 463 g/mol. The number of guanidine groups is 1. The maximum absolute atomic E-state index is 6.06. The Kier molecular flexibility index (Phi) is 8.93. The van der Waals surface area contributed by atoms with Crippen LogP contribution in [-0.2, 0) is 11.3 Å². The number of rotatable bonds is 5. The second-order valence-electron chi connectivity index (χ2n) is 6.94. The van der Waals surface area contributed by atoms with Crippen LogP contribution in [0.25, 0.3) is 0 Å². The maximum Gasteiger partial charge on any atom is 0.191 e. The van der Waals surface area contributed by atoms with Gasteiger partial charge in [-0.1, -0.05) is 23.7 Å². The fourth-order valence-electron chi connectivity index (χ4n) is 3.85. The second kappa shape index (κ2) is 10.7. The van der Waals surface area contributed by atoms with Crippen molar-refractivity contribution in [2.24, 2.45) is 4.99 Å². The van der Waals surface area contributed by atoms with E-state index >= 15 is 0 Å². The third-order valence-corrected chi connectivity index (χ3v) is 5.59. The minimum Gasteiger partial charge on any atom is -0.381 e. The highest BCUT2D eigenvalue weighted by molar-refractivity contribution is 14.0. The molecule has 5 nitrogen and oxygen atoms in total. The van der Waals surface area contributed by atoms with Gasteiger partial charge in [0.05, 0.1) is 0 Å². The van der Waals surface area contributed by atoms with Gasteiger partial charge in [0, 0.05) is 43.9 Å². The molecule has 26 heavy (non-hydrogen) atoms. The SMILES string of the molecule is CN=C(NCc1cccc(Cl)c1)NCC1(N2CCCC2)CCOCC1.I. The summed E-state index contributed by atoms with van der Waals surface area (Å²) in [6.45, 7) is 5.73. The molecule has 1 aromatic carbocycles. The topological polar surface area (TPSA) is 48.9 Å². The maximum atomic E-state index is 6.06. The van der Waals surface area contributed by atoms with E-state index in [1.165, 1.54) is 25.9 Å². The number of hydrogen-bond acceptors (Lipinski definition) is 3. The second-order valence-corrected chi connectivity index (χ2v) is 7.38. The molecule has 0 saturated carbocycles. The van der Waals surface area contributed by atoms with Gasteiger partial charge in [0.2, 0.25) is 0 Å². The van der Waals surface area contributed by atoms with Gasteiger partial charge in [-0.3, -0.25) is 9.89 Å². The Bertz CT molecular complexity index is 587. The molecular formula is C19H30ClIN4O. The van der Waals surface area contributed by atoms with Crippen molar-refractivity contribution in [1.82, 2.24) is 15.5 Å². The molecule has 2 aliphatic heterocycles. The van der Waals surface area contributed by atoms with Crippen molar-refractivity contribution in [2.75, 3.05) is 39.9 Å². The minimum atomic E-state index is 0. The summed E-state index contributed by atoms with van der Waals surface area (Å²) in [6.07, 6.45) is 4.80. The molecule has 2 saturated heterocycles. The molecule has 146 valence electrons. The zero-order valence-corrected chi connectivity index (χ0v) is 18.6. The molecule has 7 heteroatoms. The van der Waals surface area contributed by atoms with Gasteiger partial charge in [0.1, 0.15) is 0 Å². The third kappa shape index (κ3) is 5.71. The van der Waals surface area contributed by atoms with E-state index in [-0.39, 0.29) is 29.5 Å². The Morgan fingerprint density at radius 2 is 1.96 bits per heavy atom. The fraction of sp³-hybridized carbons (Fsp3) is 0.632. The number of likely N-dealkylation sites (tertiary alicyclic amines) is 1. The van der Waals surface area contributed by atoms with E-state index in [9.17, 15) is 0 Å². The van der Waals surface area contributed by atoms with Gasteiger partial charge in [-0.25, -0.2) is 0 Å². The van der Waals surface area contributed by atoms with Crippen molar-refractivity contribution in [3.63, 3.8) is 0 Å². The quantitative estimate of drug-likeness (QED) is 0.376. The summed E-state index contributed by atoms with van der Waals surface area (Å²) >= 11 is 6.06. The number of halogens is 2. The Morgan fingerprint density at radius 1 is 1.23 bits per heavy atom. The predicted octanol–water partition coefficient (Wildman–Crippen LogP) is 3.27. The van der Waals surface area contributed by atoms with Crippen LogP contribution >= 0.6 is 35.6 Å². The molecule has 0 bridgehead atoms. The zero-order chi connectivity index (χ0) is 17.5. The number of benzene rings is 1. The number of nitrogens with zero attached hydrogens (tertiary/aromatic N) is 2. The first-order valence-electron chi connectivity index (χ1n) is 9.24. The van der Waals surface area contributed by atoms with Crippen molar-refractivity contribution in [3.05, 3.63) is 34.9 Å². The summed E-state index contributed by atoms with van der Waals surface area (Å²) in [5.41, 5.74) is 1.35. The molecule has 2 N–H and O–H groups in total. The molecule has 1 aromatic rings. The van der Waals surface area contributed by atoms with Crippen molar-refractivity contribution in [2.45, 2.75) is 37.8 Å². The van der Waals surface area contributed by atoms with Gasteiger partial charge < -0.3 is 15.4 Å². The molecule has 2 aliphatic rings. The lowest BCUT2D eigenvalue weighted by molar-refractivity contribution is -0.0164. The van der Waals surface area contributed by atoms with Crippen LogP contribution in [0.1, 0.15) is 31.2 Å². The minimum absolute atomic E-state index is 0. The first kappa shape index (κ1) is 21.7. The van der Waals surface area contributed by atoms with Crippen LogP contribution in [0.2, 0.25) is 5.02 Å². The molecule has 0 aromatic heterocycles. The van der Waals surface area contributed by atoms with Crippen LogP contribution < -0.4 is 10.6 Å². The number of aliphatic imine (C=N–C) groups is 1. The molecule has 3 rings (SSSR count). The standard InChI is InChI=1S/C19H29ClN4O.HI/c1-21-18(22-14-16-5-4-6-17(20)13-16)23-15-19(7-11-25-12-8-19)24-9-2-3-10-24;/h4-6,13H,2-3,7-12,14-15H2,1H3,(H2,21,22,23);1H. The average molecular weight is 493 g/mol. The van der Waals surface area contributed by atoms with E-state index in [2.05, 4.69) is 26.6 Å². The van der Waals surface area contributed by atoms with Gasteiger partial charge in [0.15, 0.2) is 5.96 Å². The monoisotopic (exact) mass is 492 g/mol. The van der Waals surface area contributed by atoms with Gasteiger partial charge in [-0.2, -0.15) is 0 Å². The van der Waals surface area contributed by atoms with Crippen molar-refractivity contribution in [1.29, 1.82) is 0 Å². The van der Waals surface area contributed by atoms with Gasteiger partial charge in [-0.15, -0.1) is 24.0 Å². The van der Waals surface area contributed by atoms with E-state index in [1.807, 2.05) is 25.2 Å². The summed E-state index contributed by atoms with van der Waals surface area (Å²) in [7, 11) is 1.82. The summed E-state index contributed by atoms with van der Waals surface area (Å²) in [5.74, 6) is 0.838. The van der Waals surface area contributed by atoms with Crippen LogP contribution in [0.15, 0.2) is 29.3 Å². The highest BCUT2D eigenvalue weighted by Gasteiger charge is 2.39. The van der Waals surface area contributed by atoms with Crippen LogP contribution in [0.5, 0.6) is 0 Å². The first-order valence-corrected chi connectivity index (χ1v) is 9.61. The van der Waals surface area contributed by atoms with Gasteiger partial charge in [-0.05, 0) is 56.5 Å². The lowest BCUT2D eigenvalue weighted by Gasteiger charge is -2.45. The predicted molar refractivity (Wildman–Crippen MR) is 119 cm³/mol. The summed E-state index contributed by atoms with van der Waals surface area (Å²) in [6, 6.07) is 7.91. The van der Waals surface area contributed by atoms with Gasteiger partial charge in [0.25, 0.3) is 0 Å². The van der Waals surface area contributed by atoms with E-state index in [0.717, 1.165) is 49.1 Å². The molecule has 2 heterocycles. The van der Waals surface area contributed by atoms with Crippen molar-refractivity contribution < 1.29 is 4.74 Å². The number of nitrogens with one attached hydrogen (secondary N) is 2. The first-order chi connectivity index (χ1) is 12.2. The van der Waals surface area contributed by atoms with Crippen LogP contribution in [0.4, 0.5) is 0 Å². The Morgan fingerprint density at radius 3 is 2.62 bits per heavy atom. The fourth-order valence-corrected chi connectivity index (χ4v) is 4.06. The largest absolute Gasteiger partial charge is 0.381 e. The zero-order valence-electron chi connectivity index (χ0n) is 15.5. The molecule has 0 spiro atoms. The number of hydrogen-bond donors (Lipinski definition) is 2. The third-order valence-electron chi connectivity index (χ3n) is 5.36. The van der Waals surface area contributed by atoms with Crippen LogP contribution in [0, 0.1) is 0 Å². The van der Waals surface area contributed by atoms with Crippen LogP contribution in [0.3, 0.4) is 0 Å². The van der Waals surface area contributed by atoms with Crippen molar-refractivity contribution >= 4 is 41.5 Å². The Labute approximate surface area is 178 Å². The lowest BCUT2D eigenvalue weighted by atomic mass is 9.88. The van der Waals surface area contributed by atoms with Gasteiger partial charge >= 0.3 is 0 Å². The Balaban J connectivity index is 0.00000243. The summed E-state index contributed by atoms with van der Waals surface area (Å²) in [4.78, 5) is 7.04. The van der Waals surface area contributed by atoms with E-state index in [0.29, 0.717) is 6.54 Å². The number of ether oxygens (including phenoxy) is 1. The normalized spacial score (nSPS) is 20.5. The van der Waals surface area contributed by atoms with E-state index in [1.54, 1.807) is 0 Å². The lowest BCUT2D eigenvalue weighted by Crippen LogP contribution is -2.58. The smallest absolute Gasteiger partial charge is 0.191 e. The van der Waals surface area contributed by atoms with E-state index in [4.69, 9.17) is 16.3 Å². The highest BCUT2D eigenvalue weighted by atomic mass is 127. The summed E-state index contributed by atoms with van der Waals surface area (Å²) < 4.78 is 5.62.